The Morgan fingerprint density at radius 1 is 1.04 bits per heavy atom. The first-order chi connectivity index (χ1) is 12.8. The van der Waals surface area contributed by atoms with Gasteiger partial charge in [0.1, 0.15) is 0 Å². The maximum atomic E-state index is 12.5. The smallest absolute Gasteiger partial charge is 0.303 e. The quantitative estimate of drug-likeness (QED) is 0.644. The molecule has 0 aliphatic heterocycles. The number of benzene rings is 1. The van der Waals surface area contributed by atoms with E-state index in [1.807, 2.05) is 13.8 Å². The molecule has 3 N–H and O–H groups in total. The second-order valence-corrected chi connectivity index (χ2v) is 8.04. The fraction of sp³-hybridized carbons (Fsp3) is 0.571. The molecule has 0 heterocycles. The lowest BCUT2D eigenvalue weighted by atomic mass is 9.69. The van der Waals surface area contributed by atoms with Crippen LogP contribution in [0.15, 0.2) is 24.3 Å². The standard InChI is InChI=1S/C21H30N2O4/c1-15(2)14-22-20(27)16-6-8-17(9-7-16)23-18(24)12-21(13-19(25)26)10-4-3-5-11-21/h6-9,15H,3-5,10-14H2,1-2H3,(H,22,27)(H,23,24)(H,25,26). The highest BCUT2D eigenvalue weighted by Crippen LogP contribution is 2.42. The number of hydrogen-bond acceptors (Lipinski definition) is 3. The second-order valence-electron chi connectivity index (χ2n) is 8.04. The van der Waals surface area contributed by atoms with Gasteiger partial charge in [-0.1, -0.05) is 33.1 Å². The summed E-state index contributed by atoms with van der Waals surface area (Å²) < 4.78 is 0. The van der Waals surface area contributed by atoms with E-state index in [0.29, 0.717) is 23.7 Å². The summed E-state index contributed by atoms with van der Waals surface area (Å²) in [6.45, 7) is 4.67. The van der Waals surface area contributed by atoms with Crippen molar-refractivity contribution in [3.8, 4) is 0 Å². The third kappa shape index (κ3) is 6.70. The molecule has 0 unspecified atom stereocenters. The zero-order chi connectivity index (χ0) is 19.9. The lowest BCUT2D eigenvalue weighted by Crippen LogP contribution is -2.32. The van der Waals surface area contributed by atoms with Gasteiger partial charge in [0, 0.05) is 24.2 Å². The van der Waals surface area contributed by atoms with Crippen LogP contribution in [0.1, 0.15) is 69.2 Å². The summed E-state index contributed by atoms with van der Waals surface area (Å²) in [5.74, 6) is -0.772. The number of hydrogen-bond donors (Lipinski definition) is 3. The average molecular weight is 374 g/mol. The summed E-state index contributed by atoms with van der Waals surface area (Å²) >= 11 is 0. The Hall–Kier alpha value is -2.37. The molecule has 0 bridgehead atoms. The van der Waals surface area contributed by atoms with Gasteiger partial charge in [-0.25, -0.2) is 0 Å². The van der Waals surface area contributed by atoms with Gasteiger partial charge in [-0.15, -0.1) is 0 Å². The maximum absolute atomic E-state index is 12.5. The number of rotatable bonds is 8. The molecule has 1 aromatic rings. The molecule has 6 heteroatoms. The van der Waals surface area contributed by atoms with E-state index in [0.717, 1.165) is 32.1 Å². The molecular weight excluding hydrogens is 344 g/mol. The normalized spacial score (nSPS) is 16.0. The van der Waals surface area contributed by atoms with Crippen molar-refractivity contribution in [2.75, 3.05) is 11.9 Å². The van der Waals surface area contributed by atoms with E-state index in [4.69, 9.17) is 0 Å². The molecule has 1 fully saturated rings. The molecule has 0 aromatic heterocycles. The van der Waals surface area contributed by atoms with Gasteiger partial charge < -0.3 is 15.7 Å². The number of anilines is 1. The van der Waals surface area contributed by atoms with Gasteiger partial charge in [0.25, 0.3) is 5.91 Å². The van der Waals surface area contributed by atoms with Crippen molar-refractivity contribution in [3.05, 3.63) is 29.8 Å². The van der Waals surface area contributed by atoms with Gasteiger partial charge in [-0.3, -0.25) is 14.4 Å². The molecule has 6 nitrogen and oxygen atoms in total. The summed E-state index contributed by atoms with van der Waals surface area (Å²) in [6, 6.07) is 6.76. The molecule has 1 aromatic carbocycles. The molecule has 148 valence electrons. The van der Waals surface area contributed by atoms with Gasteiger partial charge in [-0.05, 0) is 48.4 Å². The molecule has 1 aliphatic carbocycles. The maximum Gasteiger partial charge on any atom is 0.303 e. The van der Waals surface area contributed by atoms with E-state index >= 15 is 0 Å². The molecule has 0 spiro atoms. The molecule has 0 atom stereocenters. The van der Waals surface area contributed by atoms with E-state index in [9.17, 15) is 19.5 Å². The van der Waals surface area contributed by atoms with Crippen molar-refractivity contribution < 1.29 is 19.5 Å². The zero-order valence-corrected chi connectivity index (χ0v) is 16.2. The highest BCUT2D eigenvalue weighted by molar-refractivity contribution is 5.96. The molecule has 0 saturated heterocycles. The predicted molar refractivity (Wildman–Crippen MR) is 105 cm³/mol. The van der Waals surface area contributed by atoms with E-state index in [1.54, 1.807) is 24.3 Å². The molecule has 1 aliphatic rings. The first kappa shape index (κ1) is 20.9. The fourth-order valence-corrected chi connectivity index (χ4v) is 3.69. The van der Waals surface area contributed by atoms with Crippen LogP contribution in [0, 0.1) is 11.3 Å². The Morgan fingerprint density at radius 2 is 1.67 bits per heavy atom. The summed E-state index contributed by atoms with van der Waals surface area (Å²) in [5, 5.41) is 14.9. The highest BCUT2D eigenvalue weighted by Gasteiger charge is 2.36. The van der Waals surface area contributed by atoms with E-state index < -0.39 is 11.4 Å². The second kappa shape index (κ2) is 9.53. The van der Waals surface area contributed by atoms with Gasteiger partial charge in [0.15, 0.2) is 0 Å². The van der Waals surface area contributed by atoms with Crippen molar-refractivity contribution in [2.45, 2.75) is 58.8 Å². The van der Waals surface area contributed by atoms with E-state index in [2.05, 4.69) is 10.6 Å². The van der Waals surface area contributed by atoms with Gasteiger partial charge >= 0.3 is 5.97 Å². The van der Waals surface area contributed by atoms with Gasteiger partial charge in [0.05, 0.1) is 6.42 Å². The predicted octanol–water partition coefficient (Wildman–Crippen LogP) is 3.83. The zero-order valence-electron chi connectivity index (χ0n) is 16.2. The molecular formula is C21H30N2O4. The Labute approximate surface area is 160 Å². The monoisotopic (exact) mass is 374 g/mol. The minimum Gasteiger partial charge on any atom is -0.481 e. The number of amides is 2. The van der Waals surface area contributed by atoms with Crippen molar-refractivity contribution in [2.24, 2.45) is 11.3 Å². The minimum atomic E-state index is -0.846. The van der Waals surface area contributed by atoms with Crippen LogP contribution < -0.4 is 10.6 Å². The van der Waals surface area contributed by atoms with Crippen LogP contribution in [0.5, 0.6) is 0 Å². The van der Waals surface area contributed by atoms with Crippen LogP contribution in [-0.4, -0.2) is 29.4 Å². The highest BCUT2D eigenvalue weighted by atomic mass is 16.4. The topological polar surface area (TPSA) is 95.5 Å². The van der Waals surface area contributed by atoms with Crippen LogP contribution >= 0.6 is 0 Å². The first-order valence-corrected chi connectivity index (χ1v) is 9.70. The molecule has 1 saturated carbocycles. The van der Waals surface area contributed by atoms with Crippen molar-refractivity contribution >= 4 is 23.5 Å². The Bertz CT molecular complexity index is 661. The van der Waals surface area contributed by atoms with E-state index in [-0.39, 0.29) is 24.7 Å². The van der Waals surface area contributed by atoms with Crippen LogP contribution in [0.3, 0.4) is 0 Å². The van der Waals surface area contributed by atoms with Crippen molar-refractivity contribution in [3.63, 3.8) is 0 Å². The summed E-state index contributed by atoms with van der Waals surface area (Å²) in [4.78, 5) is 35.8. The van der Waals surface area contributed by atoms with Crippen molar-refractivity contribution in [1.29, 1.82) is 0 Å². The summed E-state index contributed by atoms with van der Waals surface area (Å²) in [6.07, 6.45) is 4.86. The third-order valence-electron chi connectivity index (χ3n) is 5.08. The number of carboxylic acids is 1. The van der Waals surface area contributed by atoms with E-state index in [1.165, 1.54) is 0 Å². The van der Waals surface area contributed by atoms with Crippen LogP contribution in [0.4, 0.5) is 5.69 Å². The van der Waals surface area contributed by atoms with Gasteiger partial charge in [0.2, 0.25) is 5.91 Å². The lowest BCUT2D eigenvalue weighted by molar-refractivity contribution is -0.140. The number of aliphatic carboxylic acids is 1. The SMILES string of the molecule is CC(C)CNC(=O)c1ccc(NC(=O)CC2(CC(=O)O)CCCCC2)cc1. The van der Waals surface area contributed by atoms with Crippen LogP contribution in [-0.2, 0) is 9.59 Å². The average Bonchev–Trinajstić information content (AvgIpc) is 2.60. The number of carbonyl (C=O) groups is 3. The van der Waals surface area contributed by atoms with Crippen LogP contribution in [0.2, 0.25) is 0 Å². The fourth-order valence-electron chi connectivity index (χ4n) is 3.69. The summed E-state index contributed by atoms with van der Waals surface area (Å²) in [5.41, 5.74) is 0.718. The lowest BCUT2D eigenvalue weighted by Gasteiger charge is -2.35. The largest absolute Gasteiger partial charge is 0.481 e. The summed E-state index contributed by atoms with van der Waals surface area (Å²) in [7, 11) is 0. The van der Waals surface area contributed by atoms with Crippen LogP contribution in [0.25, 0.3) is 0 Å². The Balaban J connectivity index is 1.94. The molecule has 0 radical (unpaired) electrons. The van der Waals surface area contributed by atoms with Crippen molar-refractivity contribution in [1.82, 2.24) is 5.32 Å². The molecule has 2 rings (SSSR count). The Kier molecular flexibility index (Phi) is 7.39. The minimum absolute atomic E-state index is 0.0371. The Morgan fingerprint density at radius 3 is 2.22 bits per heavy atom. The first-order valence-electron chi connectivity index (χ1n) is 9.70. The van der Waals surface area contributed by atoms with Gasteiger partial charge in [-0.2, -0.15) is 0 Å². The third-order valence-corrected chi connectivity index (χ3v) is 5.08. The number of nitrogens with one attached hydrogen (secondary N) is 2. The molecule has 27 heavy (non-hydrogen) atoms. The number of carbonyl (C=O) groups excluding carboxylic acids is 2. The molecule has 2 amide bonds. The number of carboxylic acid groups (broad SMARTS) is 1.